The van der Waals surface area contributed by atoms with E-state index in [0.29, 0.717) is 17.1 Å². The van der Waals surface area contributed by atoms with E-state index in [1.165, 1.54) is 25.4 Å². The summed E-state index contributed by atoms with van der Waals surface area (Å²) in [5.74, 6) is 0.762. The van der Waals surface area contributed by atoms with Crippen molar-refractivity contribution in [1.29, 1.82) is 0 Å². The molecule has 0 saturated heterocycles. The summed E-state index contributed by atoms with van der Waals surface area (Å²) in [6, 6.07) is 5.90. The number of aromatic nitrogens is 2. The first-order chi connectivity index (χ1) is 8.61. The molecule has 0 bridgehead atoms. The van der Waals surface area contributed by atoms with Crippen LogP contribution in [0.25, 0.3) is 11.4 Å². The largest absolute Gasteiger partial charge is 0.492 e. The maximum absolute atomic E-state index is 10.5. The summed E-state index contributed by atoms with van der Waals surface area (Å²) >= 11 is 5.88. The molecule has 0 aliphatic carbocycles. The SMILES string of the molecule is COc1cnc(-c2ccc([N+](=O)[O-])cc2)nc1Cl. The van der Waals surface area contributed by atoms with Gasteiger partial charge in [-0.05, 0) is 12.1 Å². The average molecular weight is 266 g/mol. The van der Waals surface area contributed by atoms with Crippen molar-refractivity contribution in [2.24, 2.45) is 0 Å². The van der Waals surface area contributed by atoms with Crippen molar-refractivity contribution < 1.29 is 9.66 Å². The molecule has 1 heterocycles. The summed E-state index contributed by atoms with van der Waals surface area (Å²) < 4.78 is 4.94. The van der Waals surface area contributed by atoms with E-state index < -0.39 is 4.92 Å². The monoisotopic (exact) mass is 265 g/mol. The van der Waals surface area contributed by atoms with Gasteiger partial charge in [-0.2, -0.15) is 0 Å². The van der Waals surface area contributed by atoms with Gasteiger partial charge in [0.05, 0.1) is 18.2 Å². The maximum atomic E-state index is 10.5. The number of nitro groups is 1. The highest BCUT2D eigenvalue weighted by Gasteiger charge is 2.09. The summed E-state index contributed by atoms with van der Waals surface area (Å²) in [5, 5.41) is 10.7. The fourth-order valence-electron chi connectivity index (χ4n) is 1.36. The number of ether oxygens (including phenoxy) is 1. The molecule has 0 fully saturated rings. The number of methoxy groups -OCH3 is 1. The summed E-state index contributed by atoms with van der Waals surface area (Å²) in [6.45, 7) is 0. The first kappa shape index (κ1) is 12.3. The van der Waals surface area contributed by atoms with Gasteiger partial charge in [0.2, 0.25) is 0 Å². The fourth-order valence-corrected chi connectivity index (χ4v) is 1.56. The molecule has 0 saturated carbocycles. The Morgan fingerprint density at radius 3 is 2.50 bits per heavy atom. The van der Waals surface area contributed by atoms with Crippen molar-refractivity contribution in [1.82, 2.24) is 9.97 Å². The molecule has 2 aromatic rings. The maximum Gasteiger partial charge on any atom is 0.269 e. The van der Waals surface area contributed by atoms with E-state index in [1.807, 2.05) is 0 Å². The summed E-state index contributed by atoms with van der Waals surface area (Å²) in [4.78, 5) is 18.2. The molecule has 92 valence electrons. The Balaban J connectivity index is 2.36. The molecule has 0 spiro atoms. The second-order valence-corrected chi connectivity index (χ2v) is 3.71. The molecule has 2 rings (SSSR count). The van der Waals surface area contributed by atoms with Gasteiger partial charge in [0, 0.05) is 17.7 Å². The van der Waals surface area contributed by atoms with Crippen molar-refractivity contribution >= 4 is 17.3 Å². The van der Waals surface area contributed by atoms with Crippen molar-refractivity contribution in [2.75, 3.05) is 7.11 Å². The first-order valence-corrected chi connectivity index (χ1v) is 5.31. The van der Waals surface area contributed by atoms with E-state index in [1.54, 1.807) is 12.1 Å². The number of rotatable bonds is 3. The molecule has 0 unspecified atom stereocenters. The number of nitrogens with zero attached hydrogens (tertiary/aromatic N) is 3. The Hall–Kier alpha value is -2.21. The van der Waals surface area contributed by atoms with Crippen LogP contribution in [0, 0.1) is 10.1 Å². The summed E-state index contributed by atoms with van der Waals surface area (Å²) in [6.07, 6.45) is 1.45. The highest BCUT2D eigenvalue weighted by Crippen LogP contribution is 2.25. The van der Waals surface area contributed by atoms with Crippen LogP contribution >= 0.6 is 11.6 Å². The van der Waals surface area contributed by atoms with E-state index in [2.05, 4.69) is 9.97 Å². The lowest BCUT2D eigenvalue weighted by atomic mass is 10.2. The second kappa shape index (κ2) is 4.97. The first-order valence-electron chi connectivity index (χ1n) is 4.93. The summed E-state index contributed by atoms with van der Waals surface area (Å²) in [5.41, 5.74) is 0.656. The van der Waals surface area contributed by atoms with Crippen molar-refractivity contribution in [3.63, 3.8) is 0 Å². The van der Waals surface area contributed by atoms with Gasteiger partial charge in [-0.25, -0.2) is 9.97 Å². The van der Waals surface area contributed by atoms with Gasteiger partial charge in [0.1, 0.15) is 0 Å². The quantitative estimate of drug-likeness (QED) is 0.484. The lowest BCUT2D eigenvalue weighted by Crippen LogP contribution is -1.94. The molecule has 0 aliphatic heterocycles. The minimum absolute atomic E-state index is 0.0124. The number of non-ortho nitro benzene ring substituents is 1. The molecule has 0 aliphatic rings. The third kappa shape index (κ3) is 2.38. The summed E-state index contributed by atoms with van der Waals surface area (Å²) in [7, 11) is 1.47. The smallest absolute Gasteiger partial charge is 0.269 e. The van der Waals surface area contributed by atoms with Crippen molar-refractivity contribution in [3.05, 3.63) is 45.7 Å². The molecular formula is C11H8ClN3O3. The van der Waals surface area contributed by atoms with Gasteiger partial charge < -0.3 is 4.74 Å². The van der Waals surface area contributed by atoms with Gasteiger partial charge in [-0.1, -0.05) is 11.6 Å². The van der Waals surface area contributed by atoms with Crippen molar-refractivity contribution in [3.8, 4) is 17.1 Å². The van der Waals surface area contributed by atoms with Crippen LogP contribution in [0.5, 0.6) is 5.75 Å². The zero-order chi connectivity index (χ0) is 13.1. The molecule has 0 amide bonds. The molecular weight excluding hydrogens is 258 g/mol. The van der Waals surface area contributed by atoms with Crippen LogP contribution in [-0.4, -0.2) is 22.0 Å². The van der Waals surface area contributed by atoms with Crippen molar-refractivity contribution in [2.45, 2.75) is 0 Å². The molecule has 18 heavy (non-hydrogen) atoms. The third-order valence-corrected chi connectivity index (χ3v) is 2.54. The molecule has 6 nitrogen and oxygen atoms in total. The average Bonchev–Trinajstić information content (AvgIpc) is 2.38. The Morgan fingerprint density at radius 1 is 1.33 bits per heavy atom. The topological polar surface area (TPSA) is 78.2 Å². The highest BCUT2D eigenvalue weighted by molar-refractivity contribution is 6.30. The minimum atomic E-state index is -0.467. The molecule has 0 N–H and O–H groups in total. The number of halogens is 1. The van der Waals surface area contributed by atoms with E-state index in [9.17, 15) is 10.1 Å². The Labute approximate surface area is 107 Å². The molecule has 7 heteroatoms. The second-order valence-electron chi connectivity index (χ2n) is 3.36. The Morgan fingerprint density at radius 2 is 2.00 bits per heavy atom. The molecule has 1 aromatic heterocycles. The number of benzene rings is 1. The molecule has 0 atom stereocenters. The number of nitro benzene ring substituents is 1. The number of hydrogen-bond donors (Lipinski definition) is 0. The van der Waals surface area contributed by atoms with Crippen LogP contribution < -0.4 is 4.74 Å². The van der Waals surface area contributed by atoms with Gasteiger partial charge in [0.15, 0.2) is 16.7 Å². The third-order valence-electron chi connectivity index (χ3n) is 2.27. The predicted molar refractivity (Wildman–Crippen MR) is 65.7 cm³/mol. The lowest BCUT2D eigenvalue weighted by molar-refractivity contribution is -0.384. The zero-order valence-electron chi connectivity index (χ0n) is 9.33. The van der Waals surface area contributed by atoms with E-state index in [0.717, 1.165) is 0 Å². The predicted octanol–water partition coefficient (Wildman–Crippen LogP) is 2.71. The van der Waals surface area contributed by atoms with E-state index >= 15 is 0 Å². The van der Waals surface area contributed by atoms with Crippen LogP contribution in [-0.2, 0) is 0 Å². The normalized spacial score (nSPS) is 10.1. The standard InChI is InChI=1S/C11H8ClN3O3/c1-18-9-6-13-11(14-10(9)12)7-2-4-8(5-3-7)15(16)17/h2-6H,1H3. The van der Waals surface area contributed by atoms with Gasteiger partial charge in [-0.3, -0.25) is 10.1 Å². The Kier molecular flexibility index (Phi) is 3.38. The van der Waals surface area contributed by atoms with E-state index in [4.69, 9.17) is 16.3 Å². The van der Waals surface area contributed by atoms with E-state index in [-0.39, 0.29) is 10.8 Å². The van der Waals surface area contributed by atoms with Gasteiger partial charge in [-0.15, -0.1) is 0 Å². The number of hydrogen-bond acceptors (Lipinski definition) is 5. The zero-order valence-corrected chi connectivity index (χ0v) is 10.1. The van der Waals surface area contributed by atoms with Crippen LogP contribution in [0.3, 0.4) is 0 Å². The van der Waals surface area contributed by atoms with Crippen LogP contribution in [0.2, 0.25) is 5.15 Å². The van der Waals surface area contributed by atoms with Crippen LogP contribution in [0.1, 0.15) is 0 Å². The minimum Gasteiger partial charge on any atom is -0.492 e. The van der Waals surface area contributed by atoms with Crippen LogP contribution in [0.15, 0.2) is 30.5 Å². The molecule has 1 aromatic carbocycles. The van der Waals surface area contributed by atoms with Gasteiger partial charge in [0.25, 0.3) is 5.69 Å². The van der Waals surface area contributed by atoms with Crippen LogP contribution in [0.4, 0.5) is 5.69 Å². The fraction of sp³-hybridized carbons (Fsp3) is 0.0909. The van der Waals surface area contributed by atoms with Gasteiger partial charge >= 0.3 is 0 Å². The highest BCUT2D eigenvalue weighted by atomic mass is 35.5. The lowest BCUT2D eigenvalue weighted by Gasteiger charge is -2.04. The Bertz CT molecular complexity index is 587. The molecule has 0 radical (unpaired) electrons.